The fourth-order valence-corrected chi connectivity index (χ4v) is 3.46. The zero-order valence-electron chi connectivity index (χ0n) is 12.9. The van der Waals surface area contributed by atoms with Gasteiger partial charge in [0.15, 0.2) is 0 Å². The first kappa shape index (κ1) is 15.8. The highest BCUT2D eigenvalue weighted by atomic mass is 16.5. The Labute approximate surface area is 123 Å². The molecule has 0 aromatic rings. The lowest BCUT2D eigenvalue weighted by atomic mass is 9.85. The maximum Gasteiger partial charge on any atom is 0.308 e. The van der Waals surface area contributed by atoms with Gasteiger partial charge in [-0.05, 0) is 71.6 Å². The Balaban J connectivity index is 1.58. The van der Waals surface area contributed by atoms with Crippen molar-refractivity contribution < 1.29 is 9.53 Å². The molecule has 116 valence electrons. The normalized spacial score (nSPS) is 27.6. The van der Waals surface area contributed by atoms with Gasteiger partial charge in [0.05, 0.1) is 12.5 Å². The van der Waals surface area contributed by atoms with Crippen molar-refractivity contribution in [1.29, 1.82) is 0 Å². The molecule has 1 N–H and O–H groups in total. The zero-order chi connectivity index (χ0) is 14.2. The third kappa shape index (κ3) is 5.06. The molecule has 1 aliphatic carbocycles. The summed E-state index contributed by atoms with van der Waals surface area (Å²) in [6.07, 6.45) is 8.29. The molecule has 0 spiro atoms. The second kappa shape index (κ2) is 8.63. The Morgan fingerprint density at radius 2 is 2.05 bits per heavy atom. The minimum atomic E-state index is 0.0102. The number of nitrogens with one attached hydrogen (secondary N) is 1. The van der Waals surface area contributed by atoms with Gasteiger partial charge in [0.2, 0.25) is 0 Å². The number of rotatable bonds is 7. The smallest absolute Gasteiger partial charge is 0.308 e. The molecule has 4 nitrogen and oxygen atoms in total. The van der Waals surface area contributed by atoms with Crippen molar-refractivity contribution in [2.75, 3.05) is 32.8 Å². The molecule has 1 heterocycles. The van der Waals surface area contributed by atoms with Crippen LogP contribution in [0.15, 0.2) is 0 Å². The zero-order valence-corrected chi connectivity index (χ0v) is 12.9. The molecular formula is C16H30N2O2. The molecule has 2 atom stereocenters. The highest BCUT2D eigenvalue weighted by Crippen LogP contribution is 2.25. The molecule has 1 saturated carbocycles. The fourth-order valence-electron chi connectivity index (χ4n) is 3.46. The van der Waals surface area contributed by atoms with Gasteiger partial charge in [0.1, 0.15) is 0 Å². The van der Waals surface area contributed by atoms with Crippen LogP contribution in [0.4, 0.5) is 0 Å². The molecular weight excluding hydrogens is 252 g/mol. The summed E-state index contributed by atoms with van der Waals surface area (Å²) >= 11 is 0. The van der Waals surface area contributed by atoms with Gasteiger partial charge in [-0.3, -0.25) is 4.79 Å². The van der Waals surface area contributed by atoms with Crippen LogP contribution in [0.25, 0.3) is 0 Å². The van der Waals surface area contributed by atoms with E-state index in [0.717, 1.165) is 25.8 Å². The van der Waals surface area contributed by atoms with Gasteiger partial charge < -0.3 is 15.0 Å². The first-order valence-corrected chi connectivity index (χ1v) is 8.42. The second-order valence-electron chi connectivity index (χ2n) is 6.17. The number of esters is 1. The molecule has 4 heteroatoms. The van der Waals surface area contributed by atoms with Gasteiger partial charge in [0.25, 0.3) is 0 Å². The summed E-state index contributed by atoms with van der Waals surface area (Å²) in [4.78, 5) is 14.4. The van der Waals surface area contributed by atoms with E-state index in [4.69, 9.17) is 4.74 Å². The van der Waals surface area contributed by atoms with Crippen LogP contribution in [0.3, 0.4) is 0 Å². The van der Waals surface area contributed by atoms with Crippen LogP contribution in [0, 0.1) is 5.92 Å². The van der Waals surface area contributed by atoms with Crippen LogP contribution in [0.2, 0.25) is 0 Å². The number of likely N-dealkylation sites (tertiary alicyclic amines) is 1. The average Bonchev–Trinajstić information content (AvgIpc) is 2.97. The Morgan fingerprint density at radius 3 is 2.80 bits per heavy atom. The first-order valence-electron chi connectivity index (χ1n) is 8.42. The van der Waals surface area contributed by atoms with Crippen molar-refractivity contribution in [3.63, 3.8) is 0 Å². The van der Waals surface area contributed by atoms with Crippen LogP contribution in [0.5, 0.6) is 0 Å². The summed E-state index contributed by atoms with van der Waals surface area (Å²) in [5.41, 5.74) is 0. The predicted octanol–water partition coefficient (Wildman–Crippen LogP) is 2.18. The van der Waals surface area contributed by atoms with Gasteiger partial charge >= 0.3 is 5.97 Å². The van der Waals surface area contributed by atoms with E-state index in [0.29, 0.717) is 12.6 Å². The second-order valence-corrected chi connectivity index (χ2v) is 6.17. The van der Waals surface area contributed by atoms with Gasteiger partial charge in [0, 0.05) is 6.04 Å². The molecule has 1 saturated heterocycles. The fraction of sp³-hybridized carbons (Fsp3) is 0.938. The van der Waals surface area contributed by atoms with Crippen molar-refractivity contribution >= 4 is 5.97 Å². The van der Waals surface area contributed by atoms with Crippen LogP contribution in [0.1, 0.15) is 51.9 Å². The predicted molar refractivity (Wildman–Crippen MR) is 80.7 cm³/mol. The number of ether oxygens (including phenoxy) is 1. The molecule has 0 aromatic heterocycles. The maximum absolute atomic E-state index is 11.8. The third-order valence-corrected chi connectivity index (χ3v) is 4.58. The monoisotopic (exact) mass is 282 g/mol. The molecule has 0 aromatic carbocycles. The third-order valence-electron chi connectivity index (χ3n) is 4.58. The van der Waals surface area contributed by atoms with Crippen LogP contribution in [-0.4, -0.2) is 49.7 Å². The van der Waals surface area contributed by atoms with Crippen LogP contribution in [-0.2, 0) is 9.53 Å². The molecule has 2 fully saturated rings. The molecule has 0 bridgehead atoms. The summed E-state index contributed by atoms with van der Waals surface area (Å²) in [7, 11) is 0. The van der Waals surface area contributed by atoms with Crippen molar-refractivity contribution in [3.05, 3.63) is 0 Å². The largest absolute Gasteiger partial charge is 0.466 e. The van der Waals surface area contributed by atoms with Crippen molar-refractivity contribution in [2.24, 2.45) is 5.92 Å². The highest BCUT2D eigenvalue weighted by molar-refractivity contribution is 5.72. The van der Waals surface area contributed by atoms with E-state index in [-0.39, 0.29) is 11.9 Å². The van der Waals surface area contributed by atoms with Gasteiger partial charge in [-0.2, -0.15) is 0 Å². The Morgan fingerprint density at radius 1 is 1.25 bits per heavy atom. The standard InChI is InChI=1S/C16H30N2O2/c1-2-20-16(19)14-7-5-8-15(13-14)17-9-6-12-18-10-3-4-11-18/h14-15,17H,2-13H2,1H3. The number of hydrogen-bond acceptors (Lipinski definition) is 4. The molecule has 2 unspecified atom stereocenters. The number of nitrogens with zero attached hydrogens (tertiary/aromatic N) is 1. The molecule has 20 heavy (non-hydrogen) atoms. The maximum atomic E-state index is 11.8. The van der Waals surface area contributed by atoms with Crippen LogP contribution >= 0.6 is 0 Å². The van der Waals surface area contributed by atoms with Crippen molar-refractivity contribution in [3.8, 4) is 0 Å². The Kier molecular flexibility index (Phi) is 6.80. The molecule has 2 aliphatic rings. The molecule has 1 aliphatic heterocycles. The Bertz CT molecular complexity index is 290. The lowest BCUT2D eigenvalue weighted by Crippen LogP contribution is -2.38. The van der Waals surface area contributed by atoms with E-state index in [1.165, 1.54) is 45.3 Å². The van der Waals surface area contributed by atoms with E-state index < -0.39 is 0 Å². The summed E-state index contributed by atoms with van der Waals surface area (Å²) in [5, 5.41) is 3.64. The van der Waals surface area contributed by atoms with Gasteiger partial charge in [-0.1, -0.05) is 6.42 Å². The summed E-state index contributed by atoms with van der Waals surface area (Å²) in [6.45, 7) is 7.26. The number of carbonyl (C=O) groups is 1. The van der Waals surface area contributed by atoms with Crippen LogP contribution < -0.4 is 5.32 Å². The summed E-state index contributed by atoms with van der Waals surface area (Å²) in [5.74, 6) is 0.135. The van der Waals surface area contributed by atoms with E-state index >= 15 is 0 Å². The highest BCUT2D eigenvalue weighted by Gasteiger charge is 2.27. The quantitative estimate of drug-likeness (QED) is 0.574. The van der Waals surface area contributed by atoms with Gasteiger partial charge in [-0.25, -0.2) is 0 Å². The van der Waals surface area contributed by atoms with E-state index in [9.17, 15) is 4.79 Å². The van der Waals surface area contributed by atoms with E-state index in [1.54, 1.807) is 0 Å². The summed E-state index contributed by atoms with van der Waals surface area (Å²) < 4.78 is 5.15. The minimum absolute atomic E-state index is 0.0102. The SMILES string of the molecule is CCOC(=O)C1CCCC(NCCCN2CCCC2)C1. The van der Waals surface area contributed by atoms with E-state index in [2.05, 4.69) is 10.2 Å². The molecule has 0 amide bonds. The Hall–Kier alpha value is -0.610. The summed E-state index contributed by atoms with van der Waals surface area (Å²) in [6, 6.07) is 0.511. The minimum Gasteiger partial charge on any atom is -0.466 e. The average molecular weight is 282 g/mol. The topological polar surface area (TPSA) is 41.6 Å². The molecule has 0 radical (unpaired) electrons. The first-order chi connectivity index (χ1) is 9.79. The lowest BCUT2D eigenvalue weighted by Gasteiger charge is -2.28. The van der Waals surface area contributed by atoms with E-state index in [1.807, 2.05) is 6.92 Å². The van der Waals surface area contributed by atoms with Crippen molar-refractivity contribution in [1.82, 2.24) is 10.2 Å². The number of hydrogen-bond donors (Lipinski definition) is 1. The number of carbonyl (C=O) groups excluding carboxylic acids is 1. The van der Waals surface area contributed by atoms with Gasteiger partial charge in [-0.15, -0.1) is 0 Å². The lowest BCUT2D eigenvalue weighted by molar-refractivity contribution is -0.149. The molecule has 2 rings (SSSR count). The van der Waals surface area contributed by atoms with Crippen molar-refractivity contribution in [2.45, 2.75) is 57.9 Å².